The second-order valence-corrected chi connectivity index (χ2v) is 6.31. The monoisotopic (exact) mass is 300 g/mol. The van der Waals surface area contributed by atoms with Crippen molar-refractivity contribution in [3.05, 3.63) is 29.3 Å². The minimum absolute atomic E-state index is 0.380. The molecule has 0 atom stereocenters. The van der Waals surface area contributed by atoms with E-state index < -0.39 is 10.0 Å². The standard InChI is InChI=1S/C14H24N2O3S/c1-4-13-7-6-12(11-15-2)10-14(13)20(17,18)16-8-5-9-19-3/h6-7,10,15-16H,4-5,8-9,11H2,1-3H3. The van der Waals surface area contributed by atoms with Crippen LogP contribution in [0.4, 0.5) is 0 Å². The van der Waals surface area contributed by atoms with Crippen molar-refractivity contribution in [1.29, 1.82) is 0 Å². The molecule has 1 rings (SSSR count). The van der Waals surface area contributed by atoms with Gasteiger partial charge in [0.1, 0.15) is 0 Å². The molecule has 0 aliphatic heterocycles. The number of aryl methyl sites for hydroxylation is 1. The van der Waals surface area contributed by atoms with Gasteiger partial charge < -0.3 is 10.1 Å². The van der Waals surface area contributed by atoms with Gasteiger partial charge in [0.25, 0.3) is 0 Å². The first-order chi connectivity index (χ1) is 9.55. The topological polar surface area (TPSA) is 67.4 Å². The third-order valence-corrected chi connectivity index (χ3v) is 4.54. The van der Waals surface area contributed by atoms with E-state index in [2.05, 4.69) is 10.0 Å². The van der Waals surface area contributed by atoms with E-state index in [9.17, 15) is 8.42 Å². The van der Waals surface area contributed by atoms with Gasteiger partial charge in [0.15, 0.2) is 0 Å². The van der Waals surface area contributed by atoms with Gasteiger partial charge in [-0.3, -0.25) is 0 Å². The highest BCUT2D eigenvalue weighted by Gasteiger charge is 2.17. The quantitative estimate of drug-likeness (QED) is 0.674. The molecule has 0 radical (unpaired) electrons. The molecule has 0 aliphatic rings. The molecule has 0 bridgehead atoms. The van der Waals surface area contributed by atoms with Crippen LogP contribution in [0.3, 0.4) is 0 Å². The number of rotatable bonds is 9. The van der Waals surface area contributed by atoms with Crippen LogP contribution < -0.4 is 10.0 Å². The lowest BCUT2D eigenvalue weighted by atomic mass is 10.1. The molecule has 0 aromatic heterocycles. The molecule has 0 unspecified atom stereocenters. The fraction of sp³-hybridized carbons (Fsp3) is 0.571. The van der Waals surface area contributed by atoms with Gasteiger partial charge >= 0.3 is 0 Å². The summed E-state index contributed by atoms with van der Waals surface area (Å²) < 4.78 is 32.3. The molecule has 0 saturated heterocycles. The van der Waals surface area contributed by atoms with Crippen LogP contribution in [0.2, 0.25) is 0 Å². The van der Waals surface area contributed by atoms with Gasteiger partial charge in [0.2, 0.25) is 10.0 Å². The predicted octanol–water partition coefficient (Wildman–Crippen LogP) is 1.28. The van der Waals surface area contributed by atoms with E-state index in [4.69, 9.17) is 4.74 Å². The summed E-state index contributed by atoms with van der Waals surface area (Å²) in [6, 6.07) is 5.59. The van der Waals surface area contributed by atoms with E-state index >= 15 is 0 Å². The van der Waals surface area contributed by atoms with Crippen LogP contribution in [0, 0.1) is 0 Å². The minimum atomic E-state index is -3.46. The Bertz CT molecular complexity index is 515. The molecule has 0 fully saturated rings. The molecule has 114 valence electrons. The molecule has 0 spiro atoms. The molecular formula is C14H24N2O3S. The maximum Gasteiger partial charge on any atom is 0.240 e. The van der Waals surface area contributed by atoms with Crippen molar-refractivity contribution in [2.24, 2.45) is 0 Å². The molecule has 0 heterocycles. The number of ether oxygens (including phenoxy) is 1. The molecule has 1 aromatic rings. The van der Waals surface area contributed by atoms with Crippen molar-refractivity contribution in [2.45, 2.75) is 31.2 Å². The largest absolute Gasteiger partial charge is 0.385 e. The number of sulfonamides is 1. The van der Waals surface area contributed by atoms with Gasteiger partial charge in [0.05, 0.1) is 4.90 Å². The summed E-state index contributed by atoms with van der Waals surface area (Å²) in [6.45, 7) is 3.53. The van der Waals surface area contributed by atoms with Crippen molar-refractivity contribution >= 4 is 10.0 Å². The SMILES string of the molecule is CCc1ccc(CNC)cc1S(=O)(=O)NCCCOC. The molecule has 6 heteroatoms. The highest BCUT2D eigenvalue weighted by Crippen LogP contribution is 2.18. The third-order valence-electron chi connectivity index (χ3n) is 3.00. The van der Waals surface area contributed by atoms with E-state index in [0.717, 1.165) is 11.1 Å². The number of hydrogen-bond acceptors (Lipinski definition) is 4. The van der Waals surface area contributed by atoms with Gasteiger partial charge in [-0.05, 0) is 37.1 Å². The van der Waals surface area contributed by atoms with E-state index in [1.54, 1.807) is 13.2 Å². The molecule has 2 N–H and O–H groups in total. The molecule has 0 saturated carbocycles. The van der Waals surface area contributed by atoms with Crippen LogP contribution in [0.1, 0.15) is 24.5 Å². The van der Waals surface area contributed by atoms with Crippen LogP contribution in [-0.2, 0) is 27.7 Å². The predicted molar refractivity (Wildman–Crippen MR) is 80.3 cm³/mol. The normalized spacial score (nSPS) is 11.8. The van der Waals surface area contributed by atoms with Crippen LogP contribution in [-0.4, -0.2) is 35.7 Å². The van der Waals surface area contributed by atoms with Crippen LogP contribution in [0.15, 0.2) is 23.1 Å². The van der Waals surface area contributed by atoms with E-state index in [1.807, 2.05) is 26.1 Å². The van der Waals surface area contributed by atoms with Gasteiger partial charge in [-0.2, -0.15) is 0 Å². The number of nitrogens with one attached hydrogen (secondary N) is 2. The number of benzene rings is 1. The zero-order chi connectivity index (χ0) is 15.0. The summed E-state index contributed by atoms with van der Waals surface area (Å²) in [7, 11) is -0.0174. The summed E-state index contributed by atoms with van der Waals surface area (Å²) in [6.07, 6.45) is 1.35. The zero-order valence-electron chi connectivity index (χ0n) is 12.4. The van der Waals surface area contributed by atoms with E-state index in [0.29, 0.717) is 37.4 Å². The second-order valence-electron chi connectivity index (χ2n) is 4.57. The third kappa shape index (κ3) is 4.86. The van der Waals surface area contributed by atoms with Crippen LogP contribution in [0.25, 0.3) is 0 Å². The first kappa shape index (κ1) is 17.1. The molecule has 0 aliphatic carbocycles. The highest BCUT2D eigenvalue weighted by molar-refractivity contribution is 7.89. The van der Waals surface area contributed by atoms with E-state index in [1.165, 1.54) is 0 Å². The van der Waals surface area contributed by atoms with Gasteiger partial charge in [-0.15, -0.1) is 0 Å². The van der Waals surface area contributed by atoms with Gasteiger partial charge in [0, 0.05) is 26.8 Å². The maximum atomic E-state index is 12.4. The highest BCUT2D eigenvalue weighted by atomic mass is 32.2. The Morgan fingerprint density at radius 3 is 2.65 bits per heavy atom. The lowest BCUT2D eigenvalue weighted by molar-refractivity contribution is 0.196. The van der Waals surface area contributed by atoms with Crippen molar-refractivity contribution in [3.63, 3.8) is 0 Å². The van der Waals surface area contributed by atoms with Crippen molar-refractivity contribution < 1.29 is 13.2 Å². The summed E-state index contributed by atoms with van der Waals surface area (Å²) in [5.74, 6) is 0. The lowest BCUT2D eigenvalue weighted by Crippen LogP contribution is -2.26. The Balaban J connectivity index is 2.93. The fourth-order valence-corrected chi connectivity index (χ4v) is 3.39. The van der Waals surface area contributed by atoms with Gasteiger partial charge in [-0.1, -0.05) is 19.1 Å². The maximum absolute atomic E-state index is 12.4. The minimum Gasteiger partial charge on any atom is -0.385 e. The van der Waals surface area contributed by atoms with Crippen LogP contribution in [0.5, 0.6) is 0 Å². The molecule has 1 aromatic carbocycles. The Kier molecular flexibility index (Phi) is 7.15. The Morgan fingerprint density at radius 2 is 2.05 bits per heavy atom. The number of methoxy groups -OCH3 is 1. The first-order valence-corrected chi connectivity index (χ1v) is 8.28. The van der Waals surface area contributed by atoms with Crippen molar-refractivity contribution in [3.8, 4) is 0 Å². The lowest BCUT2D eigenvalue weighted by Gasteiger charge is -2.12. The molecule has 20 heavy (non-hydrogen) atoms. The number of hydrogen-bond donors (Lipinski definition) is 2. The fourth-order valence-electron chi connectivity index (χ4n) is 1.96. The summed E-state index contributed by atoms with van der Waals surface area (Å²) >= 11 is 0. The molecule has 5 nitrogen and oxygen atoms in total. The Labute approximate surface area is 121 Å². The second kappa shape index (κ2) is 8.36. The average Bonchev–Trinajstić information content (AvgIpc) is 2.44. The molecule has 0 amide bonds. The smallest absolute Gasteiger partial charge is 0.240 e. The molecular weight excluding hydrogens is 276 g/mol. The van der Waals surface area contributed by atoms with E-state index in [-0.39, 0.29) is 0 Å². The average molecular weight is 300 g/mol. The Morgan fingerprint density at radius 1 is 1.30 bits per heavy atom. The first-order valence-electron chi connectivity index (χ1n) is 6.80. The van der Waals surface area contributed by atoms with Crippen LogP contribution >= 0.6 is 0 Å². The summed E-state index contributed by atoms with van der Waals surface area (Å²) in [5.41, 5.74) is 1.80. The Hall–Kier alpha value is -0.950. The van der Waals surface area contributed by atoms with Gasteiger partial charge in [-0.25, -0.2) is 13.1 Å². The summed E-state index contributed by atoms with van der Waals surface area (Å²) in [5, 5.41) is 3.03. The summed E-state index contributed by atoms with van der Waals surface area (Å²) in [4.78, 5) is 0.380. The van der Waals surface area contributed by atoms with Crippen molar-refractivity contribution in [1.82, 2.24) is 10.0 Å². The zero-order valence-corrected chi connectivity index (χ0v) is 13.2. The van der Waals surface area contributed by atoms with Crippen molar-refractivity contribution in [2.75, 3.05) is 27.3 Å².